The van der Waals surface area contributed by atoms with Crippen LogP contribution in [0, 0.1) is 11.8 Å². The summed E-state index contributed by atoms with van der Waals surface area (Å²) in [7, 11) is 0. The lowest BCUT2D eigenvalue weighted by Gasteiger charge is -2.27. The van der Waals surface area contributed by atoms with Crippen LogP contribution in [0.4, 0.5) is 10.5 Å². The molecule has 0 aliphatic rings. The zero-order valence-corrected chi connectivity index (χ0v) is 18.5. The lowest BCUT2D eigenvalue weighted by Crippen LogP contribution is -2.55. The molecule has 1 aromatic carbocycles. The van der Waals surface area contributed by atoms with Crippen LogP contribution >= 0.6 is 0 Å². The van der Waals surface area contributed by atoms with Crippen LogP contribution in [0.15, 0.2) is 30.3 Å². The van der Waals surface area contributed by atoms with E-state index < -0.39 is 29.7 Å². The number of ether oxygens (including phenoxy) is 1. The van der Waals surface area contributed by atoms with Crippen LogP contribution in [0.1, 0.15) is 54.9 Å². The Kier molecular flexibility index (Phi) is 9.14. The lowest BCUT2D eigenvalue weighted by atomic mass is 10.00. The number of hydrogen-bond donors (Lipinski definition) is 3. The number of rotatable bonds is 8. The summed E-state index contributed by atoms with van der Waals surface area (Å²) in [6.45, 7) is 12.9. The molecule has 162 valence electrons. The average molecular weight is 406 g/mol. The maximum absolute atomic E-state index is 12.9. The Morgan fingerprint density at radius 1 is 0.931 bits per heavy atom. The first kappa shape index (κ1) is 24.5. The van der Waals surface area contributed by atoms with E-state index in [9.17, 15) is 14.4 Å². The van der Waals surface area contributed by atoms with Crippen molar-refractivity contribution in [1.29, 1.82) is 0 Å². The number of anilines is 1. The molecule has 0 aromatic heterocycles. The van der Waals surface area contributed by atoms with Crippen LogP contribution in [0.25, 0.3) is 0 Å². The van der Waals surface area contributed by atoms with E-state index in [0.717, 1.165) is 0 Å². The molecule has 7 nitrogen and oxygen atoms in total. The van der Waals surface area contributed by atoms with E-state index in [1.54, 1.807) is 32.9 Å². The first-order valence-corrected chi connectivity index (χ1v) is 10.0. The van der Waals surface area contributed by atoms with Gasteiger partial charge in [-0.15, -0.1) is 0 Å². The van der Waals surface area contributed by atoms with Gasteiger partial charge in [0.05, 0.1) is 0 Å². The number of hydrogen-bond acceptors (Lipinski definition) is 4. The highest BCUT2D eigenvalue weighted by Crippen LogP contribution is 2.12. The van der Waals surface area contributed by atoms with Gasteiger partial charge < -0.3 is 20.7 Å². The fraction of sp³-hybridized carbons (Fsp3) is 0.591. The van der Waals surface area contributed by atoms with Gasteiger partial charge in [0.25, 0.3) is 0 Å². The van der Waals surface area contributed by atoms with Crippen molar-refractivity contribution in [3.8, 4) is 0 Å². The van der Waals surface area contributed by atoms with E-state index in [4.69, 9.17) is 4.74 Å². The maximum Gasteiger partial charge on any atom is 0.408 e. The van der Waals surface area contributed by atoms with Crippen LogP contribution in [-0.4, -0.2) is 35.6 Å². The minimum absolute atomic E-state index is 0.181. The fourth-order valence-corrected chi connectivity index (χ4v) is 2.68. The van der Waals surface area contributed by atoms with Crippen LogP contribution in [0.2, 0.25) is 0 Å². The second-order valence-electron chi connectivity index (χ2n) is 8.91. The van der Waals surface area contributed by atoms with E-state index in [-0.39, 0.29) is 17.7 Å². The largest absolute Gasteiger partial charge is 0.444 e. The summed E-state index contributed by atoms with van der Waals surface area (Å²) >= 11 is 0. The van der Waals surface area contributed by atoms with Gasteiger partial charge in [0.1, 0.15) is 17.7 Å². The van der Waals surface area contributed by atoms with Gasteiger partial charge in [0.15, 0.2) is 0 Å². The molecule has 0 spiro atoms. The first-order chi connectivity index (χ1) is 13.4. The molecular weight excluding hydrogens is 370 g/mol. The average Bonchev–Trinajstić information content (AvgIpc) is 2.57. The van der Waals surface area contributed by atoms with Gasteiger partial charge in [0, 0.05) is 5.69 Å². The van der Waals surface area contributed by atoms with Gasteiger partial charge in [-0.3, -0.25) is 9.59 Å². The minimum atomic E-state index is -0.816. The van der Waals surface area contributed by atoms with Crippen molar-refractivity contribution >= 4 is 23.6 Å². The van der Waals surface area contributed by atoms with Crippen molar-refractivity contribution in [2.24, 2.45) is 11.8 Å². The smallest absolute Gasteiger partial charge is 0.408 e. The number of para-hydroxylation sites is 1. The number of alkyl carbamates (subject to hydrolysis) is 1. The molecule has 1 aromatic rings. The highest BCUT2D eigenvalue weighted by molar-refractivity contribution is 5.98. The maximum atomic E-state index is 12.9. The van der Waals surface area contributed by atoms with Crippen molar-refractivity contribution in [3.05, 3.63) is 30.3 Å². The summed E-state index contributed by atoms with van der Waals surface area (Å²) in [6, 6.07) is 7.54. The molecule has 0 bridgehead atoms. The Bertz CT molecular complexity index is 681. The molecule has 3 amide bonds. The van der Waals surface area contributed by atoms with E-state index >= 15 is 0 Å². The predicted molar refractivity (Wildman–Crippen MR) is 114 cm³/mol. The Balaban J connectivity index is 2.87. The zero-order valence-electron chi connectivity index (χ0n) is 18.5. The molecule has 2 atom stereocenters. The van der Waals surface area contributed by atoms with Gasteiger partial charge in [-0.2, -0.15) is 0 Å². The molecule has 0 radical (unpaired) electrons. The molecule has 7 heteroatoms. The Hall–Kier alpha value is -2.57. The van der Waals surface area contributed by atoms with Crippen molar-refractivity contribution in [1.82, 2.24) is 10.6 Å². The molecule has 0 aliphatic carbocycles. The first-order valence-electron chi connectivity index (χ1n) is 10.0. The number of benzene rings is 1. The quantitative estimate of drug-likeness (QED) is 0.614. The Morgan fingerprint density at radius 3 is 2.00 bits per heavy atom. The van der Waals surface area contributed by atoms with E-state index in [2.05, 4.69) is 16.0 Å². The van der Waals surface area contributed by atoms with Crippen LogP contribution < -0.4 is 16.0 Å². The zero-order chi connectivity index (χ0) is 22.2. The highest BCUT2D eigenvalue weighted by Gasteiger charge is 2.30. The normalized spacial score (nSPS) is 13.6. The monoisotopic (exact) mass is 405 g/mol. The van der Waals surface area contributed by atoms with Crippen LogP contribution in [0.5, 0.6) is 0 Å². The van der Waals surface area contributed by atoms with Crippen molar-refractivity contribution in [3.63, 3.8) is 0 Å². The lowest BCUT2D eigenvalue weighted by molar-refractivity contribution is -0.129. The summed E-state index contributed by atoms with van der Waals surface area (Å²) in [5.41, 5.74) is -0.00882. The van der Waals surface area contributed by atoms with Gasteiger partial charge in [-0.1, -0.05) is 45.9 Å². The SMILES string of the molecule is CC(C)CC(NC(=O)C(NC(=O)OC(C)(C)C)C(C)C)C(=O)Nc1ccccc1. The number of carbonyl (C=O) groups is 3. The van der Waals surface area contributed by atoms with Crippen LogP contribution in [-0.2, 0) is 14.3 Å². The summed E-state index contributed by atoms with van der Waals surface area (Å²) in [4.78, 5) is 37.7. The molecule has 1 rings (SSSR count). The molecule has 2 unspecified atom stereocenters. The number of nitrogens with one attached hydrogen (secondary N) is 3. The second kappa shape index (κ2) is 10.8. The van der Waals surface area contributed by atoms with E-state index in [1.807, 2.05) is 45.9 Å². The molecule has 0 fully saturated rings. The molecule has 29 heavy (non-hydrogen) atoms. The Morgan fingerprint density at radius 2 is 1.52 bits per heavy atom. The molecule has 0 saturated heterocycles. The van der Waals surface area contributed by atoms with E-state index in [1.165, 1.54) is 0 Å². The van der Waals surface area contributed by atoms with E-state index in [0.29, 0.717) is 12.1 Å². The summed E-state index contributed by atoms with van der Waals surface area (Å²) < 4.78 is 5.26. The van der Waals surface area contributed by atoms with Crippen molar-refractivity contribution in [2.45, 2.75) is 72.6 Å². The van der Waals surface area contributed by atoms with Gasteiger partial charge in [0.2, 0.25) is 11.8 Å². The number of amides is 3. The minimum Gasteiger partial charge on any atom is -0.444 e. The summed E-state index contributed by atoms with van der Waals surface area (Å²) in [6.07, 6.45) is -0.192. The second-order valence-corrected chi connectivity index (χ2v) is 8.91. The van der Waals surface area contributed by atoms with Gasteiger partial charge >= 0.3 is 6.09 Å². The fourth-order valence-electron chi connectivity index (χ4n) is 2.68. The molecule has 0 heterocycles. The predicted octanol–water partition coefficient (Wildman–Crippen LogP) is 3.71. The van der Waals surface area contributed by atoms with Crippen molar-refractivity contribution < 1.29 is 19.1 Å². The van der Waals surface area contributed by atoms with Gasteiger partial charge in [-0.05, 0) is 51.2 Å². The summed E-state index contributed by atoms with van der Waals surface area (Å²) in [5.74, 6) is -0.699. The van der Waals surface area contributed by atoms with Crippen LogP contribution in [0.3, 0.4) is 0 Å². The molecule has 3 N–H and O–H groups in total. The van der Waals surface area contributed by atoms with Crippen molar-refractivity contribution in [2.75, 3.05) is 5.32 Å². The molecule has 0 saturated carbocycles. The number of carbonyl (C=O) groups excluding carboxylic acids is 3. The standard InChI is InChI=1S/C22H35N3O4/c1-14(2)13-17(19(26)23-16-11-9-8-10-12-16)24-20(27)18(15(3)4)25-21(28)29-22(5,6)7/h8-12,14-15,17-18H,13H2,1-7H3,(H,23,26)(H,24,27)(H,25,28). The van der Waals surface area contributed by atoms with Gasteiger partial charge in [-0.25, -0.2) is 4.79 Å². The third-order valence-electron chi connectivity index (χ3n) is 4.00. The third kappa shape index (κ3) is 9.45. The molecular formula is C22H35N3O4. The Labute approximate surface area is 174 Å². The molecule has 0 aliphatic heterocycles. The third-order valence-corrected chi connectivity index (χ3v) is 4.00. The highest BCUT2D eigenvalue weighted by atomic mass is 16.6. The summed E-state index contributed by atoms with van der Waals surface area (Å²) in [5, 5.41) is 8.24. The topological polar surface area (TPSA) is 96.5 Å².